The van der Waals surface area contributed by atoms with Crippen LogP contribution in [0.25, 0.3) is 0 Å². The van der Waals surface area contributed by atoms with E-state index < -0.39 is 23.7 Å². The van der Waals surface area contributed by atoms with E-state index in [0.717, 1.165) is 17.0 Å². The summed E-state index contributed by atoms with van der Waals surface area (Å²) in [4.78, 5) is 20.8. The molecule has 4 N–H and O–H groups in total. The summed E-state index contributed by atoms with van der Waals surface area (Å²) in [6.45, 7) is 3.43. The van der Waals surface area contributed by atoms with Crippen LogP contribution in [-0.4, -0.2) is 28.5 Å². The molecule has 2 rings (SSSR count). The minimum Gasteiger partial charge on any atom is -0.477 e. The Hall–Kier alpha value is -3.55. The van der Waals surface area contributed by atoms with Crippen LogP contribution >= 0.6 is 0 Å². The molecule has 0 aliphatic heterocycles. The average molecular weight is 408 g/mol. The number of nitriles is 1. The second-order valence-corrected chi connectivity index (χ2v) is 6.04. The van der Waals surface area contributed by atoms with Gasteiger partial charge in [0.05, 0.1) is 12.2 Å². The van der Waals surface area contributed by atoms with Gasteiger partial charge in [-0.05, 0) is 31.5 Å². The number of ether oxygens (including phenoxy) is 1. The Kier molecular flexibility index (Phi) is 6.48. The Labute approximate surface area is 164 Å². The molecule has 1 aromatic carbocycles. The van der Waals surface area contributed by atoms with Crippen molar-refractivity contribution < 1.29 is 22.7 Å². The number of carbonyl (C=O) groups excluding carboxylic acids is 1. The van der Waals surface area contributed by atoms with E-state index >= 15 is 0 Å². The Bertz CT molecular complexity index is 942. The van der Waals surface area contributed by atoms with Crippen molar-refractivity contribution in [3.8, 4) is 11.9 Å². The second-order valence-electron chi connectivity index (χ2n) is 6.04. The standard InChI is InChI=1S/C18H19F3N6O2/c1-3-7-29-16-13(9-22)15(25-17(24)26-16)27(10(2)14(23)28)12-6-4-5-11(8-12)18(19,20)21/h4-6,8,10H,3,7H2,1-2H3,(H2,23,28)(H2,24,25,26)/t10-/m0/s1. The number of alkyl halides is 3. The highest BCUT2D eigenvalue weighted by atomic mass is 19.4. The van der Waals surface area contributed by atoms with Crippen LogP contribution < -0.4 is 21.1 Å². The van der Waals surface area contributed by atoms with E-state index in [4.69, 9.17) is 16.2 Å². The SMILES string of the molecule is CCCOc1nc(N)nc(N(c2cccc(C(F)(F)F)c2)[C@@H](C)C(N)=O)c1C#N. The number of amides is 1. The van der Waals surface area contributed by atoms with Gasteiger partial charge >= 0.3 is 6.18 Å². The summed E-state index contributed by atoms with van der Waals surface area (Å²) in [6, 6.07) is 4.92. The summed E-state index contributed by atoms with van der Waals surface area (Å²) in [5, 5.41) is 9.62. The minimum absolute atomic E-state index is 0.0535. The third-order valence-electron chi connectivity index (χ3n) is 3.91. The number of rotatable bonds is 7. The van der Waals surface area contributed by atoms with Crippen molar-refractivity contribution in [3.05, 3.63) is 35.4 Å². The van der Waals surface area contributed by atoms with Gasteiger partial charge in [-0.3, -0.25) is 4.79 Å². The number of anilines is 3. The summed E-state index contributed by atoms with van der Waals surface area (Å²) >= 11 is 0. The Balaban J connectivity index is 2.74. The molecule has 1 heterocycles. The van der Waals surface area contributed by atoms with Crippen molar-refractivity contribution in [1.29, 1.82) is 5.26 Å². The van der Waals surface area contributed by atoms with Crippen LogP contribution in [0.3, 0.4) is 0 Å². The first-order valence-corrected chi connectivity index (χ1v) is 8.56. The summed E-state index contributed by atoms with van der Waals surface area (Å²) in [5.74, 6) is -1.44. The van der Waals surface area contributed by atoms with Crippen molar-refractivity contribution in [2.75, 3.05) is 17.2 Å². The fourth-order valence-electron chi connectivity index (χ4n) is 2.51. The van der Waals surface area contributed by atoms with E-state index in [1.54, 1.807) is 0 Å². The molecule has 0 saturated carbocycles. The van der Waals surface area contributed by atoms with Gasteiger partial charge in [0.2, 0.25) is 17.7 Å². The largest absolute Gasteiger partial charge is 0.477 e. The Morgan fingerprint density at radius 2 is 2.07 bits per heavy atom. The highest BCUT2D eigenvalue weighted by Gasteiger charge is 2.33. The van der Waals surface area contributed by atoms with Gasteiger partial charge in [0, 0.05) is 5.69 Å². The molecule has 0 unspecified atom stereocenters. The smallest absolute Gasteiger partial charge is 0.416 e. The molecule has 1 aromatic heterocycles. The van der Waals surface area contributed by atoms with Crippen LogP contribution in [0.2, 0.25) is 0 Å². The first-order valence-electron chi connectivity index (χ1n) is 8.56. The fraction of sp³-hybridized carbons (Fsp3) is 0.333. The first-order chi connectivity index (χ1) is 13.6. The fourth-order valence-corrected chi connectivity index (χ4v) is 2.51. The molecule has 0 fully saturated rings. The third-order valence-corrected chi connectivity index (χ3v) is 3.91. The molecule has 0 radical (unpaired) electrons. The predicted octanol–water partition coefficient (Wildman–Crippen LogP) is 2.75. The van der Waals surface area contributed by atoms with E-state index in [1.165, 1.54) is 19.1 Å². The van der Waals surface area contributed by atoms with E-state index in [2.05, 4.69) is 9.97 Å². The molecule has 1 atom stereocenters. The zero-order chi connectivity index (χ0) is 21.8. The molecular weight excluding hydrogens is 389 g/mol. The summed E-state index contributed by atoms with van der Waals surface area (Å²) in [6.07, 6.45) is -4.01. The van der Waals surface area contributed by atoms with Gasteiger partial charge in [0.15, 0.2) is 11.4 Å². The molecule has 0 aliphatic rings. The van der Waals surface area contributed by atoms with Crippen LogP contribution in [-0.2, 0) is 11.0 Å². The third kappa shape index (κ3) is 4.84. The van der Waals surface area contributed by atoms with Gasteiger partial charge in [-0.2, -0.15) is 28.4 Å². The molecule has 0 aliphatic carbocycles. The quantitative estimate of drug-likeness (QED) is 0.720. The molecule has 0 spiro atoms. The predicted molar refractivity (Wildman–Crippen MR) is 99.2 cm³/mol. The normalized spacial score (nSPS) is 12.1. The van der Waals surface area contributed by atoms with Gasteiger partial charge < -0.3 is 21.1 Å². The van der Waals surface area contributed by atoms with Gasteiger partial charge in [0.1, 0.15) is 12.1 Å². The molecule has 2 aromatic rings. The maximum Gasteiger partial charge on any atom is 0.416 e. The molecule has 0 bridgehead atoms. The number of hydrogen-bond acceptors (Lipinski definition) is 7. The number of primary amides is 1. The van der Waals surface area contributed by atoms with Crippen molar-refractivity contribution in [1.82, 2.24) is 9.97 Å². The molecule has 11 heteroatoms. The van der Waals surface area contributed by atoms with Crippen LogP contribution in [0, 0.1) is 11.3 Å². The summed E-state index contributed by atoms with van der Waals surface area (Å²) in [7, 11) is 0. The second kappa shape index (κ2) is 8.64. The lowest BCUT2D eigenvalue weighted by Gasteiger charge is -2.30. The average Bonchev–Trinajstić information content (AvgIpc) is 2.65. The van der Waals surface area contributed by atoms with Crippen LogP contribution in [0.1, 0.15) is 31.4 Å². The number of halogens is 3. The molecular formula is C18H19F3N6O2. The summed E-state index contributed by atoms with van der Waals surface area (Å²) in [5.41, 5.74) is 9.92. The number of carbonyl (C=O) groups is 1. The van der Waals surface area contributed by atoms with Crippen molar-refractivity contribution >= 4 is 23.4 Å². The first kappa shape index (κ1) is 21.7. The molecule has 154 valence electrons. The lowest BCUT2D eigenvalue weighted by atomic mass is 10.1. The van der Waals surface area contributed by atoms with Crippen LogP contribution in [0.5, 0.6) is 5.88 Å². The maximum atomic E-state index is 13.2. The number of nitrogen functional groups attached to an aromatic ring is 1. The number of hydrogen-bond donors (Lipinski definition) is 2. The zero-order valence-electron chi connectivity index (χ0n) is 15.7. The maximum absolute atomic E-state index is 13.2. The lowest BCUT2D eigenvalue weighted by Crippen LogP contribution is -2.41. The Morgan fingerprint density at radius 3 is 2.62 bits per heavy atom. The number of benzene rings is 1. The van der Waals surface area contributed by atoms with Crippen LogP contribution in [0.15, 0.2) is 24.3 Å². The topological polar surface area (TPSA) is 131 Å². The van der Waals surface area contributed by atoms with E-state index in [9.17, 15) is 23.2 Å². The number of nitrogens with two attached hydrogens (primary N) is 2. The van der Waals surface area contributed by atoms with Gasteiger partial charge in [-0.1, -0.05) is 13.0 Å². The van der Waals surface area contributed by atoms with Gasteiger partial charge in [-0.15, -0.1) is 0 Å². The number of nitrogens with zero attached hydrogens (tertiary/aromatic N) is 4. The monoisotopic (exact) mass is 408 g/mol. The van der Waals surface area contributed by atoms with E-state index in [1.807, 2.05) is 13.0 Å². The van der Waals surface area contributed by atoms with Gasteiger partial charge in [0.25, 0.3) is 0 Å². The van der Waals surface area contributed by atoms with Gasteiger partial charge in [-0.25, -0.2) is 0 Å². The van der Waals surface area contributed by atoms with Crippen molar-refractivity contribution in [2.24, 2.45) is 5.73 Å². The molecule has 29 heavy (non-hydrogen) atoms. The Morgan fingerprint density at radius 1 is 1.38 bits per heavy atom. The van der Waals surface area contributed by atoms with E-state index in [0.29, 0.717) is 6.42 Å². The lowest BCUT2D eigenvalue weighted by molar-refractivity contribution is -0.137. The molecule has 1 amide bonds. The van der Waals surface area contributed by atoms with Crippen molar-refractivity contribution in [3.63, 3.8) is 0 Å². The highest BCUT2D eigenvalue weighted by Crippen LogP contribution is 2.37. The van der Waals surface area contributed by atoms with Crippen molar-refractivity contribution in [2.45, 2.75) is 32.5 Å². The van der Waals surface area contributed by atoms with E-state index in [-0.39, 0.29) is 35.5 Å². The van der Waals surface area contributed by atoms with Crippen LogP contribution in [0.4, 0.5) is 30.6 Å². The number of aromatic nitrogens is 2. The molecule has 0 saturated heterocycles. The molecule has 8 nitrogen and oxygen atoms in total. The zero-order valence-corrected chi connectivity index (χ0v) is 15.7. The highest BCUT2D eigenvalue weighted by molar-refractivity contribution is 5.87. The summed E-state index contributed by atoms with van der Waals surface area (Å²) < 4.78 is 45.0. The minimum atomic E-state index is -4.62.